The molecule has 3 heterocycles. The summed E-state index contributed by atoms with van der Waals surface area (Å²) in [6, 6.07) is 15.0. The summed E-state index contributed by atoms with van der Waals surface area (Å²) in [5.74, 6) is 2.95. The molecule has 2 aliphatic heterocycles. The molecule has 1 atom stereocenters. The van der Waals surface area contributed by atoms with E-state index in [1.165, 1.54) is 17.7 Å². The Balaban J connectivity index is 1.26. The third-order valence-electron chi connectivity index (χ3n) is 6.98. The van der Waals surface area contributed by atoms with Gasteiger partial charge in [-0.1, -0.05) is 42.1 Å². The van der Waals surface area contributed by atoms with Crippen LogP contribution in [0, 0.1) is 5.82 Å². The van der Waals surface area contributed by atoms with E-state index in [9.17, 15) is 4.39 Å². The lowest BCUT2D eigenvalue weighted by Gasteiger charge is -2.32. The van der Waals surface area contributed by atoms with E-state index in [-0.39, 0.29) is 11.9 Å². The third-order valence-corrected chi connectivity index (χ3v) is 8.01. The Morgan fingerprint density at radius 3 is 2.60 bits per heavy atom. The summed E-state index contributed by atoms with van der Waals surface area (Å²) >= 11 is 1.67. The van der Waals surface area contributed by atoms with Crippen molar-refractivity contribution in [3.05, 3.63) is 71.3 Å². The summed E-state index contributed by atoms with van der Waals surface area (Å²) in [5, 5.41) is 10.2. The Bertz CT molecular complexity index is 1090. The smallest absolute Gasteiger partial charge is 0.191 e. The van der Waals surface area contributed by atoms with Gasteiger partial charge in [0, 0.05) is 30.4 Å². The van der Waals surface area contributed by atoms with Gasteiger partial charge in [0.15, 0.2) is 5.16 Å². The van der Waals surface area contributed by atoms with Gasteiger partial charge in [-0.05, 0) is 62.5 Å². The quantitative estimate of drug-likeness (QED) is 0.376. The van der Waals surface area contributed by atoms with Crippen molar-refractivity contribution in [1.29, 1.82) is 0 Å². The maximum atomic E-state index is 13.3. The van der Waals surface area contributed by atoms with Gasteiger partial charge in [0.05, 0.1) is 19.8 Å². The molecule has 0 N–H and O–H groups in total. The summed E-state index contributed by atoms with van der Waals surface area (Å²) in [4.78, 5) is 2.50. The standard InChI is InChI=1S/C27H33FN4O2S/c1-33-25-7-3-2-5-22(25)17-31-14-12-21(13-15-31)26-29-30-27(32(26)18-24-6-4-16-34-24)35-19-20-8-10-23(28)11-9-20/h2-3,5,7-11,21,24H,4,6,12-19H2,1H3/t24-/m1/s1. The van der Waals surface area contributed by atoms with Crippen molar-refractivity contribution in [2.75, 3.05) is 26.8 Å². The van der Waals surface area contributed by atoms with Crippen molar-refractivity contribution in [1.82, 2.24) is 19.7 Å². The molecule has 5 rings (SSSR count). The molecule has 0 unspecified atom stereocenters. The maximum Gasteiger partial charge on any atom is 0.191 e. The minimum atomic E-state index is -0.209. The highest BCUT2D eigenvalue weighted by molar-refractivity contribution is 7.98. The van der Waals surface area contributed by atoms with E-state index in [1.54, 1.807) is 18.9 Å². The lowest BCUT2D eigenvalue weighted by molar-refractivity contribution is 0.0931. The normalized spacial score (nSPS) is 19.3. The van der Waals surface area contributed by atoms with Crippen LogP contribution in [0.4, 0.5) is 4.39 Å². The van der Waals surface area contributed by atoms with E-state index in [2.05, 4.69) is 31.8 Å². The summed E-state index contributed by atoms with van der Waals surface area (Å²) in [6.45, 7) is 4.58. The first kappa shape index (κ1) is 24.3. The Morgan fingerprint density at radius 1 is 1.06 bits per heavy atom. The number of benzene rings is 2. The minimum absolute atomic E-state index is 0.209. The van der Waals surface area contributed by atoms with E-state index in [0.29, 0.717) is 5.92 Å². The van der Waals surface area contributed by atoms with Gasteiger partial charge in [0.1, 0.15) is 17.4 Å². The van der Waals surface area contributed by atoms with Crippen molar-refractivity contribution in [2.45, 2.75) is 61.7 Å². The number of hydrogen-bond donors (Lipinski definition) is 0. The zero-order chi connectivity index (χ0) is 24.0. The first-order chi connectivity index (χ1) is 17.2. The molecule has 2 aromatic carbocycles. The highest BCUT2D eigenvalue weighted by Crippen LogP contribution is 2.32. The second-order valence-electron chi connectivity index (χ2n) is 9.36. The fourth-order valence-electron chi connectivity index (χ4n) is 5.02. The van der Waals surface area contributed by atoms with Crippen LogP contribution in [-0.2, 0) is 23.6 Å². The molecule has 0 radical (unpaired) electrons. The van der Waals surface area contributed by atoms with Crippen LogP contribution in [0.1, 0.15) is 48.6 Å². The molecular weight excluding hydrogens is 463 g/mol. The Morgan fingerprint density at radius 2 is 1.86 bits per heavy atom. The number of halogens is 1. The first-order valence-corrected chi connectivity index (χ1v) is 13.4. The largest absolute Gasteiger partial charge is 0.496 e. The number of nitrogens with zero attached hydrogens (tertiary/aromatic N) is 4. The monoisotopic (exact) mass is 496 g/mol. The molecule has 0 saturated carbocycles. The molecule has 0 aliphatic carbocycles. The molecule has 1 aromatic heterocycles. The molecule has 2 fully saturated rings. The second kappa shape index (κ2) is 11.5. The Labute approximate surface area is 210 Å². The highest BCUT2D eigenvalue weighted by Gasteiger charge is 2.28. The van der Waals surface area contributed by atoms with Gasteiger partial charge in [0.25, 0.3) is 0 Å². The predicted octanol–water partition coefficient (Wildman–Crippen LogP) is 5.28. The van der Waals surface area contributed by atoms with Crippen LogP contribution in [0.25, 0.3) is 0 Å². The number of likely N-dealkylation sites (tertiary alicyclic amines) is 1. The fraction of sp³-hybridized carbons (Fsp3) is 0.481. The third kappa shape index (κ3) is 6.05. The molecule has 0 spiro atoms. The van der Waals surface area contributed by atoms with E-state index in [0.717, 1.165) is 86.5 Å². The summed E-state index contributed by atoms with van der Waals surface area (Å²) in [6.07, 6.45) is 4.53. The molecular formula is C27H33FN4O2S. The minimum Gasteiger partial charge on any atom is -0.496 e. The molecule has 2 aliphatic rings. The first-order valence-electron chi connectivity index (χ1n) is 12.5. The van der Waals surface area contributed by atoms with Crippen molar-refractivity contribution in [2.24, 2.45) is 0 Å². The SMILES string of the molecule is COc1ccccc1CN1CCC(c2nnc(SCc3ccc(F)cc3)n2C[C@H]2CCCO2)CC1. The van der Waals surface area contributed by atoms with Crippen molar-refractivity contribution >= 4 is 11.8 Å². The zero-order valence-corrected chi connectivity index (χ0v) is 21.1. The molecule has 35 heavy (non-hydrogen) atoms. The molecule has 186 valence electrons. The average molecular weight is 497 g/mol. The van der Waals surface area contributed by atoms with Gasteiger partial charge in [-0.3, -0.25) is 4.90 Å². The van der Waals surface area contributed by atoms with E-state index in [1.807, 2.05) is 24.3 Å². The van der Waals surface area contributed by atoms with Gasteiger partial charge in [-0.25, -0.2) is 4.39 Å². The molecule has 0 amide bonds. The van der Waals surface area contributed by atoms with Crippen LogP contribution in [0.5, 0.6) is 5.75 Å². The van der Waals surface area contributed by atoms with Crippen molar-refractivity contribution in [3.63, 3.8) is 0 Å². The van der Waals surface area contributed by atoms with E-state index < -0.39 is 0 Å². The molecule has 0 bridgehead atoms. The van der Waals surface area contributed by atoms with Gasteiger partial charge in [-0.15, -0.1) is 10.2 Å². The molecule has 6 nitrogen and oxygen atoms in total. The van der Waals surface area contributed by atoms with Gasteiger partial charge < -0.3 is 14.0 Å². The fourth-order valence-corrected chi connectivity index (χ4v) is 5.94. The molecule has 2 saturated heterocycles. The topological polar surface area (TPSA) is 52.4 Å². The van der Waals surface area contributed by atoms with Gasteiger partial charge in [0.2, 0.25) is 0 Å². The number of para-hydroxylation sites is 1. The summed E-state index contributed by atoms with van der Waals surface area (Å²) in [7, 11) is 1.73. The molecule has 8 heteroatoms. The van der Waals surface area contributed by atoms with Crippen molar-refractivity contribution < 1.29 is 13.9 Å². The zero-order valence-electron chi connectivity index (χ0n) is 20.2. The van der Waals surface area contributed by atoms with Gasteiger partial charge >= 0.3 is 0 Å². The molecule has 3 aromatic rings. The van der Waals surface area contributed by atoms with Crippen LogP contribution < -0.4 is 4.74 Å². The second-order valence-corrected chi connectivity index (χ2v) is 10.3. The lowest BCUT2D eigenvalue weighted by atomic mass is 9.95. The number of hydrogen-bond acceptors (Lipinski definition) is 6. The number of ether oxygens (including phenoxy) is 2. The highest BCUT2D eigenvalue weighted by atomic mass is 32.2. The van der Waals surface area contributed by atoms with Crippen LogP contribution in [0.15, 0.2) is 53.7 Å². The van der Waals surface area contributed by atoms with E-state index in [4.69, 9.17) is 9.47 Å². The Hall–Kier alpha value is -2.42. The number of piperidine rings is 1. The van der Waals surface area contributed by atoms with Crippen molar-refractivity contribution in [3.8, 4) is 5.75 Å². The van der Waals surface area contributed by atoms with Crippen LogP contribution in [0.2, 0.25) is 0 Å². The van der Waals surface area contributed by atoms with Crippen LogP contribution in [0.3, 0.4) is 0 Å². The summed E-state index contributed by atoms with van der Waals surface area (Å²) in [5.41, 5.74) is 2.31. The number of methoxy groups -OCH3 is 1. The lowest BCUT2D eigenvalue weighted by Crippen LogP contribution is -2.33. The Kier molecular flexibility index (Phi) is 8.01. The number of rotatable bonds is 9. The maximum absolute atomic E-state index is 13.3. The predicted molar refractivity (Wildman–Crippen MR) is 135 cm³/mol. The number of thioether (sulfide) groups is 1. The average Bonchev–Trinajstić information content (AvgIpc) is 3.55. The van der Waals surface area contributed by atoms with Crippen LogP contribution >= 0.6 is 11.8 Å². The van der Waals surface area contributed by atoms with Crippen LogP contribution in [-0.4, -0.2) is 52.6 Å². The summed E-state index contributed by atoms with van der Waals surface area (Å²) < 4.78 is 27.1. The van der Waals surface area contributed by atoms with Gasteiger partial charge in [-0.2, -0.15) is 0 Å². The van der Waals surface area contributed by atoms with E-state index >= 15 is 0 Å². The number of aromatic nitrogens is 3.